The Bertz CT molecular complexity index is 448. The van der Waals surface area contributed by atoms with Crippen molar-refractivity contribution in [2.45, 2.75) is 19.4 Å². The molecule has 0 spiro atoms. The van der Waals surface area contributed by atoms with Crippen LogP contribution < -0.4 is 9.47 Å². The molecule has 0 amide bonds. The molecule has 2 rings (SSSR count). The molecule has 1 aromatic carbocycles. The summed E-state index contributed by atoms with van der Waals surface area (Å²) in [5.74, 6) is 1.25. The lowest BCUT2D eigenvalue weighted by atomic mass is 10.1. The average molecular weight is 237 g/mol. The van der Waals surface area contributed by atoms with Crippen LogP contribution in [-0.2, 0) is 0 Å². The Balaban J connectivity index is 2.13. The normalized spacial score (nSPS) is 16.8. The Labute approximate surface area is 99.3 Å². The highest BCUT2D eigenvalue weighted by Gasteiger charge is 2.21. The summed E-state index contributed by atoms with van der Waals surface area (Å²) in [6, 6.07) is 5.25. The Morgan fingerprint density at radius 1 is 1.47 bits per heavy atom. The molecule has 0 bridgehead atoms. The fourth-order valence-corrected chi connectivity index (χ4v) is 1.52. The summed E-state index contributed by atoms with van der Waals surface area (Å²) >= 11 is 0. The highest BCUT2D eigenvalue weighted by atomic mass is 16.5. The molecule has 0 fully saturated rings. The standard InChI is InChI=1S/C12H15NO4/c1-12(2,14)7-17-8-3-4-9-10(13-15)6-16-11(9)5-8/h3-5,14-15H,6-7H2,1-2H3. The molecule has 0 aliphatic carbocycles. The maximum atomic E-state index is 9.54. The van der Waals surface area contributed by atoms with E-state index in [2.05, 4.69) is 5.16 Å². The van der Waals surface area contributed by atoms with Gasteiger partial charge in [0, 0.05) is 11.6 Å². The van der Waals surface area contributed by atoms with Crippen molar-refractivity contribution in [3.8, 4) is 11.5 Å². The molecule has 1 aromatic rings. The molecule has 0 saturated heterocycles. The molecule has 17 heavy (non-hydrogen) atoms. The molecule has 2 N–H and O–H groups in total. The topological polar surface area (TPSA) is 71.3 Å². The number of hydrogen-bond acceptors (Lipinski definition) is 5. The molecule has 0 saturated carbocycles. The molecule has 1 aliphatic heterocycles. The van der Waals surface area contributed by atoms with E-state index >= 15 is 0 Å². The summed E-state index contributed by atoms with van der Waals surface area (Å²) in [7, 11) is 0. The molecule has 5 heteroatoms. The first-order valence-electron chi connectivity index (χ1n) is 5.33. The Morgan fingerprint density at radius 2 is 2.24 bits per heavy atom. The zero-order chi connectivity index (χ0) is 12.5. The van der Waals surface area contributed by atoms with Crippen LogP contribution in [0.3, 0.4) is 0 Å². The molecule has 0 aromatic heterocycles. The van der Waals surface area contributed by atoms with Gasteiger partial charge in [-0.05, 0) is 26.0 Å². The van der Waals surface area contributed by atoms with Crippen molar-refractivity contribution in [1.29, 1.82) is 0 Å². The third-order valence-electron chi connectivity index (χ3n) is 2.34. The first-order valence-corrected chi connectivity index (χ1v) is 5.33. The van der Waals surface area contributed by atoms with Crippen molar-refractivity contribution >= 4 is 5.71 Å². The number of aliphatic hydroxyl groups is 1. The summed E-state index contributed by atoms with van der Waals surface area (Å²) in [5.41, 5.74) is 0.398. The van der Waals surface area contributed by atoms with E-state index in [1.807, 2.05) is 0 Å². The van der Waals surface area contributed by atoms with Gasteiger partial charge >= 0.3 is 0 Å². The fraction of sp³-hybridized carbons (Fsp3) is 0.417. The SMILES string of the molecule is CC(C)(O)COc1ccc2c(c1)OCC2=NO. The van der Waals surface area contributed by atoms with Crippen LogP contribution in [0.15, 0.2) is 23.4 Å². The van der Waals surface area contributed by atoms with E-state index in [1.54, 1.807) is 32.0 Å². The third-order valence-corrected chi connectivity index (χ3v) is 2.34. The van der Waals surface area contributed by atoms with E-state index in [9.17, 15) is 5.11 Å². The second kappa shape index (κ2) is 4.25. The van der Waals surface area contributed by atoms with Crippen LogP contribution >= 0.6 is 0 Å². The van der Waals surface area contributed by atoms with E-state index in [-0.39, 0.29) is 13.2 Å². The number of fused-ring (bicyclic) bond motifs is 1. The Morgan fingerprint density at radius 3 is 2.88 bits per heavy atom. The minimum absolute atomic E-state index is 0.201. The molecule has 5 nitrogen and oxygen atoms in total. The van der Waals surface area contributed by atoms with E-state index in [4.69, 9.17) is 14.7 Å². The zero-order valence-corrected chi connectivity index (χ0v) is 9.80. The van der Waals surface area contributed by atoms with Crippen LogP contribution in [0.5, 0.6) is 11.5 Å². The molecule has 0 atom stereocenters. The van der Waals surface area contributed by atoms with E-state index < -0.39 is 5.60 Å². The summed E-state index contributed by atoms with van der Waals surface area (Å²) < 4.78 is 10.8. The maximum absolute atomic E-state index is 9.54. The van der Waals surface area contributed by atoms with Crippen LogP contribution in [0.2, 0.25) is 0 Å². The van der Waals surface area contributed by atoms with E-state index in [0.717, 1.165) is 5.56 Å². The predicted octanol–water partition coefficient (Wildman–Crippen LogP) is 1.41. The zero-order valence-electron chi connectivity index (χ0n) is 9.80. The van der Waals surface area contributed by atoms with Gasteiger partial charge in [-0.3, -0.25) is 0 Å². The second-order valence-electron chi connectivity index (χ2n) is 4.59. The van der Waals surface area contributed by atoms with Gasteiger partial charge in [0.1, 0.15) is 30.4 Å². The lowest BCUT2D eigenvalue weighted by Crippen LogP contribution is -2.27. The predicted molar refractivity (Wildman–Crippen MR) is 62.1 cm³/mol. The molecular formula is C12H15NO4. The number of benzene rings is 1. The van der Waals surface area contributed by atoms with Crippen molar-refractivity contribution in [3.63, 3.8) is 0 Å². The largest absolute Gasteiger partial charge is 0.490 e. The van der Waals surface area contributed by atoms with Crippen LogP contribution in [0.4, 0.5) is 0 Å². The number of ether oxygens (including phenoxy) is 2. The highest BCUT2D eigenvalue weighted by molar-refractivity contribution is 6.05. The first-order chi connectivity index (χ1) is 7.99. The number of hydrogen-bond donors (Lipinski definition) is 2. The number of rotatable bonds is 3. The number of nitrogens with zero attached hydrogens (tertiary/aromatic N) is 1. The molecule has 0 radical (unpaired) electrons. The van der Waals surface area contributed by atoms with Gasteiger partial charge < -0.3 is 19.8 Å². The summed E-state index contributed by atoms with van der Waals surface area (Å²) in [6.07, 6.45) is 0. The lowest BCUT2D eigenvalue weighted by Gasteiger charge is -2.17. The third kappa shape index (κ3) is 2.68. The van der Waals surface area contributed by atoms with Crippen LogP contribution in [0.25, 0.3) is 0 Å². The van der Waals surface area contributed by atoms with Gasteiger partial charge in [0.25, 0.3) is 0 Å². The Kier molecular flexibility index (Phi) is 2.93. The highest BCUT2D eigenvalue weighted by Crippen LogP contribution is 2.30. The monoisotopic (exact) mass is 237 g/mol. The maximum Gasteiger partial charge on any atom is 0.134 e. The first kappa shape index (κ1) is 11.7. The molecule has 0 unspecified atom stereocenters. The minimum Gasteiger partial charge on any atom is -0.490 e. The molecule has 1 heterocycles. The number of oxime groups is 1. The quantitative estimate of drug-likeness (QED) is 0.616. The van der Waals surface area contributed by atoms with Crippen LogP contribution in [-0.4, -0.2) is 34.8 Å². The molecular weight excluding hydrogens is 222 g/mol. The van der Waals surface area contributed by atoms with Crippen molar-refractivity contribution in [2.24, 2.45) is 5.16 Å². The van der Waals surface area contributed by atoms with Gasteiger partial charge in [-0.25, -0.2) is 0 Å². The van der Waals surface area contributed by atoms with Gasteiger partial charge in [-0.15, -0.1) is 0 Å². The van der Waals surface area contributed by atoms with E-state index in [1.165, 1.54) is 0 Å². The van der Waals surface area contributed by atoms with Gasteiger partial charge in [0.05, 0.1) is 5.60 Å². The van der Waals surface area contributed by atoms with Gasteiger partial charge in [0.2, 0.25) is 0 Å². The van der Waals surface area contributed by atoms with Gasteiger partial charge in [-0.2, -0.15) is 0 Å². The second-order valence-corrected chi connectivity index (χ2v) is 4.59. The van der Waals surface area contributed by atoms with E-state index in [0.29, 0.717) is 17.2 Å². The summed E-state index contributed by atoms with van der Waals surface area (Å²) in [4.78, 5) is 0. The summed E-state index contributed by atoms with van der Waals surface area (Å²) in [5, 5.41) is 21.4. The van der Waals surface area contributed by atoms with Gasteiger partial charge in [0.15, 0.2) is 0 Å². The average Bonchev–Trinajstić information content (AvgIpc) is 2.67. The molecule has 92 valence electrons. The Hall–Kier alpha value is -1.75. The fourth-order valence-electron chi connectivity index (χ4n) is 1.52. The lowest BCUT2D eigenvalue weighted by molar-refractivity contribution is 0.0284. The van der Waals surface area contributed by atoms with Gasteiger partial charge in [-0.1, -0.05) is 5.16 Å². The van der Waals surface area contributed by atoms with Crippen molar-refractivity contribution in [3.05, 3.63) is 23.8 Å². The minimum atomic E-state index is -0.877. The van der Waals surface area contributed by atoms with Crippen LogP contribution in [0.1, 0.15) is 19.4 Å². The smallest absolute Gasteiger partial charge is 0.134 e. The van der Waals surface area contributed by atoms with Crippen LogP contribution in [0, 0.1) is 0 Å². The van der Waals surface area contributed by atoms with Crippen molar-refractivity contribution < 1.29 is 19.8 Å². The summed E-state index contributed by atoms with van der Waals surface area (Å²) in [6.45, 7) is 3.81. The van der Waals surface area contributed by atoms with Crippen molar-refractivity contribution in [2.75, 3.05) is 13.2 Å². The molecule has 1 aliphatic rings. The van der Waals surface area contributed by atoms with Crippen molar-refractivity contribution in [1.82, 2.24) is 0 Å².